The molecule has 0 spiro atoms. The van der Waals surface area contributed by atoms with Crippen molar-refractivity contribution >= 4 is 27.6 Å². The van der Waals surface area contributed by atoms with Crippen LogP contribution in [-0.2, 0) is 16.0 Å². The third-order valence-electron chi connectivity index (χ3n) is 4.59. The first-order valence-corrected chi connectivity index (χ1v) is 10.3. The maximum Gasteiger partial charge on any atom is 0.416 e. The fourth-order valence-corrected chi connectivity index (χ4v) is 4.65. The SMILES string of the molecule is Nc1[nH]c(=O)c(C(=O)O)c(-c2cc(C(F)(F)F)ccc2S(=O)(=O)c2ccccc2)c1C(=O)O. The minimum Gasteiger partial charge on any atom is -0.478 e. The summed E-state index contributed by atoms with van der Waals surface area (Å²) in [5.74, 6) is -4.77. The third kappa shape index (κ3) is 4.17. The molecule has 0 aliphatic heterocycles. The Hall–Kier alpha value is -4.13. The van der Waals surface area contributed by atoms with Crippen molar-refractivity contribution in [1.82, 2.24) is 4.98 Å². The molecule has 13 heteroatoms. The second kappa shape index (κ2) is 8.09. The van der Waals surface area contributed by atoms with Crippen LogP contribution in [0.5, 0.6) is 0 Å². The largest absolute Gasteiger partial charge is 0.478 e. The number of hydrogen-bond donors (Lipinski definition) is 4. The Labute approximate surface area is 182 Å². The number of sulfone groups is 1. The summed E-state index contributed by atoms with van der Waals surface area (Å²) in [5.41, 5.74) is -1.70. The van der Waals surface area contributed by atoms with E-state index >= 15 is 0 Å². The van der Waals surface area contributed by atoms with Crippen molar-refractivity contribution in [1.29, 1.82) is 0 Å². The molecule has 2 aromatic carbocycles. The van der Waals surface area contributed by atoms with Crippen LogP contribution in [0.4, 0.5) is 19.0 Å². The second-order valence-corrected chi connectivity index (χ2v) is 8.55. The molecular formula is C20H13F3N2O7S. The van der Waals surface area contributed by atoms with E-state index in [-0.39, 0.29) is 11.0 Å². The molecule has 9 nitrogen and oxygen atoms in total. The molecule has 0 fully saturated rings. The van der Waals surface area contributed by atoms with Crippen molar-refractivity contribution in [3.8, 4) is 11.1 Å². The van der Waals surface area contributed by atoms with Crippen molar-refractivity contribution in [2.75, 3.05) is 5.73 Å². The van der Waals surface area contributed by atoms with Crippen LogP contribution in [0.25, 0.3) is 11.1 Å². The van der Waals surface area contributed by atoms with Crippen LogP contribution in [0.3, 0.4) is 0 Å². The number of hydrogen-bond acceptors (Lipinski definition) is 6. The van der Waals surface area contributed by atoms with Crippen molar-refractivity contribution in [3.05, 3.63) is 75.6 Å². The Kier molecular flexibility index (Phi) is 5.77. The van der Waals surface area contributed by atoms with Crippen molar-refractivity contribution < 1.29 is 41.4 Å². The summed E-state index contributed by atoms with van der Waals surface area (Å²) in [7, 11) is -4.60. The average Bonchev–Trinajstić information content (AvgIpc) is 2.72. The number of pyridine rings is 1. The second-order valence-electron chi connectivity index (χ2n) is 6.63. The molecule has 0 radical (unpaired) electrons. The Morgan fingerprint density at radius 2 is 1.52 bits per heavy atom. The molecule has 0 saturated carbocycles. The van der Waals surface area contributed by atoms with E-state index in [9.17, 15) is 46.2 Å². The summed E-state index contributed by atoms with van der Waals surface area (Å²) >= 11 is 0. The lowest BCUT2D eigenvalue weighted by molar-refractivity contribution is -0.137. The number of carboxylic acids is 2. The quantitative estimate of drug-likeness (QED) is 0.430. The lowest BCUT2D eigenvalue weighted by atomic mass is 9.94. The summed E-state index contributed by atoms with van der Waals surface area (Å²) in [5, 5.41) is 19.1. The Bertz CT molecular complexity index is 1450. The average molecular weight is 482 g/mol. The number of alkyl halides is 3. The molecule has 3 rings (SSSR count). The van der Waals surface area contributed by atoms with Crippen LogP contribution in [0, 0.1) is 0 Å². The molecule has 3 aromatic rings. The maximum absolute atomic E-state index is 13.4. The molecule has 0 aliphatic rings. The standard InChI is InChI=1S/C20H13F3N2O7S/c21-20(22,23)9-6-7-12(33(31,32)10-4-2-1-3-5-10)11(8-9)13-14(18(27)28)16(24)25-17(26)15(13)19(29)30/h1-8H,(H,27,28)(H,29,30)(H3,24,25,26). The maximum atomic E-state index is 13.4. The van der Waals surface area contributed by atoms with E-state index in [4.69, 9.17) is 5.73 Å². The Morgan fingerprint density at radius 1 is 0.939 bits per heavy atom. The molecule has 5 N–H and O–H groups in total. The van der Waals surface area contributed by atoms with Crippen molar-refractivity contribution in [3.63, 3.8) is 0 Å². The van der Waals surface area contributed by atoms with Crippen LogP contribution in [0.15, 0.2) is 63.1 Å². The van der Waals surface area contributed by atoms with Gasteiger partial charge in [0.15, 0.2) is 0 Å². The number of halogens is 3. The van der Waals surface area contributed by atoms with Gasteiger partial charge in [0.05, 0.1) is 15.4 Å². The number of aromatic nitrogens is 1. The molecule has 0 bridgehead atoms. The molecule has 1 heterocycles. The number of anilines is 1. The van der Waals surface area contributed by atoms with E-state index in [0.717, 1.165) is 12.1 Å². The third-order valence-corrected chi connectivity index (χ3v) is 6.42. The molecule has 0 aliphatic carbocycles. The van der Waals surface area contributed by atoms with Gasteiger partial charge in [-0.3, -0.25) is 4.79 Å². The number of carbonyl (C=O) groups is 2. The zero-order valence-electron chi connectivity index (χ0n) is 16.2. The number of nitrogens with two attached hydrogens (primary N) is 1. The van der Waals surface area contributed by atoms with E-state index in [0.29, 0.717) is 12.1 Å². The van der Waals surface area contributed by atoms with E-state index in [1.54, 1.807) is 4.98 Å². The summed E-state index contributed by atoms with van der Waals surface area (Å²) < 4.78 is 66.8. The van der Waals surface area contributed by atoms with Gasteiger partial charge in [0.2, 0.25) is 9.84 Å². The number of nitrogen functional groups attached to an aromatic ring is 1. The highest BCUT2D eigenvalue weighted by Crippen LogP contribution is 2.40. The van der Waals surface area contributed by atoms with Gasteiger partial charge in [-0.2, -0.15) is 13.2 Å². The summed E-state index contributed by atoms with van der Waals surface area (Å²) in [6, 6.07) is 7.71. The molecule has 0 atom stereocenters. The van der Waals surface area contributed by atoms with Gasteiger partial charge in [-0.25, -0.2) is 18.0 Å². The lowest BCUT2D eigenvalue weighted by Gasteiger charge is -2.18. The van der Waals surface area contributed by atoms with Crippen molar-refractivity contribution in [2.24, 2.45) is 0 Å². The minimum absolute atomic E-state index is 0.267. The summed E-state index contributed by atoms with van der Waals surface area (Å²) in [4.78, 5) is 36.5. The normalized spacial score (nSPS) is 11.8. The summed E-state index contributed by atoms with van der Waals surface area (Å²) in [6.07, 6.45) is -5.01. The molecule has 0 saturated heterocycles. The number of aromatic amines is 1. The lowest BCUT2D eigenvalue weighted by Crippen LogP contribution is -2.25. The molecule has 172 valence electrons. The Balaban J connectivity index is 2.59. The predicted octanol–water partition coefficient (Wildman–Crippen LogP) is 2.87. The van der Waals surface area contributed by atoms with Crippen molar-refractivity contribution in [2.45, 2.75) is 16.0 Å². The number of aromatic carboxylic acids is 2. The van der Waals surface area contributed by atoms with Gasteiger partial charge in [-0.15, -0.1) is 0 Å². The fourth-order valence-electron chi connectivity index (χ4n) is 3.18. The van der Waals surface area contributed by atoms with Gasteiger partial charge < -0.3 is 20.9 Å². The highest BCUT2D eigenvalue weighted by Gasteiger charge is 2.36. The molecular weight excluding hydrogens is 469 g/mol. The minimum atomic E-state index is -5.01. The number of H-pyrrole nitrogens is 1. The first kappa shape index (κ1) is 23.5. The zero-order valence-corrected chi connectivity index (χ0v) is 17.0. The topological polar surface area (TPSA) is 168 Å². The van der Waals surface area contributed by atoms with Gasteiger partial charge in [-0.1, -0.05) is 18.2 Å². The molecule has 1 aromatic heterocycles. The van der Waals surface area contributed by atoms with Gasteiger partial charge >= 0.3 is 18.1 Å². The van der Waals surface area contributed by atoms with Gasteiger partial charge in [0.1, 0.15) is 16.9 Å². The Morgan fingerprint density at radius 3 is 2.03 bits per heavy atom. The number of rotatable bonds is 5. The van der Waals surface area contributed by atoms with E-state index < -0.39 is 72.0 Å². The number of nitrogens with one attached hydrogen (secondary N) is 1. The smallest absolute Gasteiger partial charge is 0.416 e. The van der Waals surface area contributed by atoms with Gasteiger partial charge in [0, 0.05) is 11.1 Å². The zero-order chi connectivity index (χ0) is 24.7. The number of benzene rings is 2. The van der Waals surface area contributed by atoms with Gasteiger partial charge in [-0.05, 0) is 30.3 Å². The predicted molar refractivity (Wildman–Crippen MR) is 108 cm³/mol. The van der Waals surface area contributed by atoms with Crippen LogP contribution < -0.4 is 11.3 Å². The molecule has 0 amide bonds. The van der Waals surface area contributed by atoms with E-state index in [2.05, 4.69) is 0 Å². The highest BCUT2D eigenvalue weighted by atomic mass is 32.2. The first-order chi connectivity index (χ1) is 15.3. The van der Waals surface area contributed by atoms with Gasteiger partial charge in [0.25, 0.3) is 5.56 Å². The van der Waals surface area contributed by atoms with Crippen LogP contribution in [-0.4, -0.2) is 35.6 Å². The number of carboxylic acid groups (broad SMARTS) is 2. The van der Waals surface area contributed by atoms with Crippen LogP contribution in [0.2, 0.25) is 0 Å². The summed E-state index contributed by atoms with van der Waals surface area (Å²) in [6.45, 7) is 0. The van der Waals surface area contributed by atoms with Crippen LogP contribution in [0.1, 0.15) is 26.3 Å². The molecule has 33 heavy (non-hydrogen) atoms. The fraction of sp³-hybridized carbons (Fsp3) is 0.0500. The highest BCUT2D eigenvalue weighted by molar-refractivity contribution is 7.91. The van der Waals surface area contributed by atoms with Crippen LogP contribution >= 0.6 is 0 Å². The van der Waals surface area contributed by atoms with E-state index in [1.165, 1.54) is 18.2 Å². The first-order valence-electron chi connectivity index (χ1n) is 8.81. The molecule has 0 unspecified atom stereocenters. The monoisotopic (exact) mass is 482 g/mol. The van der Waals surface area contributed by atoms with E-state index in [1.807, 2.05) is 0 Å².